The monoisotopic (exact) mass is 302 g/mol. The number of carbonyl (C=O) groups excluding carboxylic acids is 1. The Kier molecular flexibility index (Phi) is 4.39. The molecular formula is C18H26N2O2. The first-order valence-electron chi connectivity index (χ1n) is 8.33. The number of benzene rings is 1. The van der Waals surface area contributed by atoms with Gasteiger partial charge in [-0.25, -0.2) is 0 Å². The molecule has 1 amide bonds. The van der Waals surface area contributed by atoms with Crippen LogP contribution in [-0.2, 0) is 4.79 Å². The van der Waals surface area contributed by atoms with Crippen LogP contribution in [0.15, 0.2) is 24.3 Å². The van der Waals surface area contributed by atoms with Crippen LogP contribution in [0.5, 0.6) is 5.75 Å². The van der Waals surface area contributed by atoms with Crippen LogP contribution in [0.3, 0.4) is 0 Å². The number of methoxy groups -OCH3 is 1. The van der Waals surface area contributed by atoms with Gasteiger partial charge < -0.3 is 15.4 Å². The molecular weight excluding hydrogens is 276 g/mol. The lowest BCUT2D eigenvalue weighted by molar-refractivity contribution is -0.122. The molecule has 4 heteroatoms. The van der Waals surface area contributed by atoms with Gasteiger partial charge in [0.15, 0.2) is 0 Å². The van der Waals surface area contributed by atoms with E-state index in [9.17, 15) is 4.79 Å². The number of hydrogen-bond donors (Lipinski definition) is 1. The minimum atomic E-state index is 0.0818. The summed E-state index contributed by atoms with van der Waals surface area (Å²) < 4.78 is 5.22. The molecule has 2 aliphatic rings. The van der Waals surface area contributed by atoms with Crippen LogP contribution < -0.4 is 15.4 Å². The molecule has 0 heterocycles. The molecule has 2 aliphatic carbocycles. The van der Waals surface area contributed by atoms with Gasteiger partial charge in [-0.3, -0.25) is 4.79 Å². The average Bonchev–Trinajstić information content (AvgIpc) is 3.29. The fourth-order valence-electron chi connectivity index (χ4n) is 3.53. The molecule has 0 unspecified atom stereocenters. The summed E-state index contributed by atoms with van der Waals surface area (Å²) in [5.74, 6) is 1.79. The van der Waals surface area contributed by atoms with Gasteiger partial charge in [0.1, 0.15) is 5.75 Å². The molecule has 3 rings (SSSR count). The maximum absolute atomic E-state index is 13.1. The molecule has 0 aliphatic heterocycles. The lowest BCUT2D eigenvalue weighted by Gasteiger charge is -2.32. The minimum absolute atomic E-state index is 0.0818. The summed E-state index contributed by atoms with van der Waals surface area (Å²) in [6, 6.07) is 8.28. The number of rotatable bonds is 5. The third-order valence-corrected chi connectivity index (χ3v) is 5.12. The minimum Gasteiger partial charge on any atom is -0.497 e. The van der Waals surface area contributed by atoms with Gasteiger partial charge in [0.2, 0.25) is 5.91 Å². The SMILES string of the molecule is COc1ccc(N(C(=O)[C@@H]2CC[C@@H](N)C2)[C@H](C)C2CC2)cc1. The Morgan fingerprint density at radius 3 is 2.41 bits per heavy atom. The number of anilines is 1. The summed E-state index contributed by atoms with van der Waals surface area (Å²) >= 11 is 0. The van der Waals surface area contributed by atoms with Gasteiger partial charge in [0.25, 0.3) is 0 Å². The van der Waals surface area contributed by atoms with Crippen molar-refractivity contribution < 1.29 is 9.53 Å². The quantitative estimate of drug-likeness (QED) is 0.910. The Hall–Kier alpha value is -1.55. The van der Waals surface area contributed by atoms with Gasteiger partial charge in [0, 0.05) is 23.7 Å². The number of hydrogen-bond acceptors (Lipinski definition) is 3. The zero-order valence-corrected chi connectivity index (χ0v) is 13.5. The van der Waals surface area contributed by atoms with Crippen LogP contribution in [0.25, 0.3) is 0 Å². The highest BCUT2D eigenvalue weighted by atomic mass is 16.5. The second kappa shape index (κ2) is 6.29. The Balaban J connectivity index is 1.83. The molecule has 1 aromatic rings. The maximum atomic E-state index is 13.1. The Morgan fingerprint density at radius 2 is 1.91 bits per heavy atom. The lowest BCUT2D eigenvalue weighted by atomic mass is 10.0. The van der Waals surface area contributed by atoms with E-state index in [0.29, 0.717) is 5.92 Å². The third-order valence-electron chi connectivity index (χ3n) is 5.12. The van der Waals surface area contributed by atoms with Crippen molar-refractivity contribution >= 4 is 11.6 Å². The molecule has 4 nitrogen and oxygen atoms in total. The second-order valence-corrected chi connectivity index (χ2v) is 6.75. The van der Waals surface area contributed by atoms with Gasteiger partial charge in [-0.05, 0) is 69.2 Å². The highest BCUT2D eigenvalue weighted by molar-refractivity contribution is 5.96. The molecule has 2 N–H and O–H groups in total. The van der Waals surface area contributed by atoms with Crippen LogP contribution in [-0.4, -0.2) is 25.1 Å². The topological polar surface area (TPSA) is 55.6 Å². The number of nitrogens with zero attached hydrogens (tertiary/aromatic N) is 1. The number of carbonyl (C=O) groups is 1. The molecule has 0 spiro atoms. The predicted octanol–water partition coefficient (Wildman–Crippen LogP) is 2.95. The first kappa shape index (κ1) is 15.3. The van der Waals surface area contributed by atoms with Gasteiger partial charge in [0.05, 0.1) is 7.11 Å². The van der Waals surface area contributed by atoms with Crippen molar-refractivity contribution in [3.8, 4) is 5.75 Å². The third kappa shape index (κ3) is 3.12. The Bertz CT molecular complexity index is 524. The van der Waals surface area contributed by atoms with E-state index in [0.717, 1.165) is 30.7 Å². The van der Waals surface area contributed by atoms with Crippen LogP contribution in [0, 0.1) is 11.8 Å². The van der Waals surface area contributed by atoms with Crippen molar-refractivity contribution in [1.82, 2.24) is 0 Å². The second-order valence-electron chi connectivity index (χ2n) is 6.75. The number of nitrogens with two attached hydrogens (primary N) is 1. The largest absolute Gasteiger partial charge is 0.497 e. The number of ether oxygens (including phenoxy) is 1. The van der Waals surface area contributed by atoms with Crippen molar-refractivity contribution in [1.29, 1.82) is 0 Å². The highest BCUT2D eigenvalue weighted by Gasteiger charge is 2.39. The van der Waals surface area contributed by atoms with Crippen molar-refractivity contribution in [2.75, 3.05) is 12.0 Å². The first-order chi connectivity index (χ1) is 10.6. The van der Waals surface area contributed by atoms with Gasteiger partial charge in [-0.1, -0.05) is 0 Å². The van der Waals surface area contributed by atoms with Crippen LogP contribution in [0.4, 0.5) is 5.69 Å². The molecule has 0 radical (unpaired) electrons. The fraction of sp³-hybridized carbons (Fsp3) is 0.611. The van der Waals surface area contributed by atoms with Crippen LogP contribution >= 0.6 is 0 Å². The standard InChI is InChI=1S/C18H26N2O2/c1-12(13-3-4-13)20(16-7-9-17(22-2)10-8-16)18(21)14-5-6-15(19)11-14/h7-10,12-15H,3-6,11,19H2,1-2H3/t12-,14-,15-/m1/s1. The van der Waals surface area contributed by atoms with E-state index in [-0.39, 0.29) is 23.9 Å². The van der Waals surface area contributed by atoms with E-state index in [2.05, 4.69) is 6.92 Å². The van der Waals surface area contributed by atoms with Gasteiger partial charge >= 0.3 is 0 Å². The molecule has 2 fully saturated rings. The summed E-state index contributed by atoms with van der Waals surface area (Å²) in [5.41, 5.74) is 6.98. The number of amides is 1. The van der Waals surface area contributed by atoms with Crippen molar-refractivity contribution in [2.24, 2.45) is 17.6 Å². The van der Waals surface area contributed by atoms with Crippen molar-refractivity contribution in [2.45, 2.75) is 51.1 Å². The molecule has 0 aromatic heterocycles. The summed E-state index contributed by atoms with van der Waals surface area (Å²) in [7, 11) is 1.66. The molecule has 0 saturated heterocycles. The molecule has 2 saturated carbocycles. The van der Waals surface area contributed by atoms with E-state index in [1.807, 2.05) is 29.2 Å². The van der Waals surface area contributed by atoms with E-state index in [1.54, 1.807) is 7.11 Å². The summed E-state index contributed by atoms with van der Waals surface area (Å²) in [5, 5.41) is 0. The summed E-state index contributed by atoms with van der Waals surface area (Å²) in [6.45, 7) is 2.18. The van der Waals surface area contributed by atoms with Crippen LogP contribution in [0.2, 0.25) is 0 Å². The Labute approximate surface area is 132 Å². The van der Waals surface area contributed by atoms with Crippen molar-refractivity contribution in [3.05, 3.63) is 24.3 Å². The molecule has 3 atom stereocenters. The Morgan fingerprint density at radius 1 is 1.23 bits per heavy atom. The van der Waals surface area contributed by atoms with E-state index in [4.69, 9.17) is 10.5 Å². The van der Waals surface area contributed by atoms with E-state index < -0.39 is 0 Å². The fourth-order valence-corrected chi connectivity index (χ4v) is 3.53. The van der Waals surface area contributed by atoms with Gasteiger partial charge in [-0.15, -0.1) is 0 Å². The molecule has 1 aromatic carbocycles. The average molecular weight is 302 g/mol. The van der Waals surface area contributed by atoms with E-state index >= 15 is 0 Å². The summed E-state index contributed by atoms with van der Waals surface area (Å²) in [6.07, 6.45) is 5.16. The zero-order valence-electron chi connectivity index (χ0n) is 13.5. The maximum Gasteiger partial charge on any atom is 0.230 e. The molecule has 22 heavy (non-hydrogen) atoms. The summed E-state index contributed by atoms with van der Waals surface area (Å²) in [4.78, 5) is 15.1. The van der Waals surface area contributed by atoms with Crippen LogP contribution in [0.1, 0.15) is 39.0 Å². The first-order valence-corrected chi connectivity index (χ1v) is 8.33. The highest BCUT2D eigenvalue weighted by Crippen LogP contribution is 2.39. The molecule has 120 valence electrons. The predicted molar refractivity (Wildman–Crippen MR) is 88.0 cm³/mol. The lowest BCUT2D eigenvalue weighted by Crippen LogP contribution is -2.43. The van der Waals surface area contributed by atoms with E-state index in [1.165, 1.54) is 12.8 Å². The normalized spacial score (nSPS) is 25.8. The van der Waals surface area contributed by atoms with Gasteiger partial charge in [-0.2, -0.15) is 0 Å². The zero-order chi connectivity index (χ0) is 15.7. The van der Waals surface area contributed by atoms with Crippen molar-refractivity contribution in [3.63, 3.8) is 0 Å². The smallest absolute Gasteiger partial charge is 0.230 e. The molecule has 0 bridgehead atoms.